The number of amides is 2. The van der Waals surface area contributed by atoms with Crippen LogP contribution in [0.1, 0.15) is 23.5 Å². The molecule has 2 amide bonds. The van der Waals surface area contributed by atoms with Gasteiger partial charge in [0, 0.05) is 30.1 Å². The van der Waals surface area contributed by atoms with Gasteiger partial charge in [0.2, 0.25) is 11.8 Å². The highest BCUT2D eigenvalue weighted by molar-refractivity contribution is 6.23. The molecule has 0 spiro atoms. The molecule has 0 saturated carbocycles. The molecule has 4 aromatic rings. The number of anilines is 1. The zero-order chi connectivity index (χ0) is 19.8. The number of para-hydroxylation sites is 2. The van der Waals surface area contributed by atoms with E-state index in [9.17, 15) is 9.59 Å². The first kappa shape index (κ1) is 17.4. The fraction of sp³-hybridized carbons (Fsp3) is 0.120. The van der Waals surface area contributed by atoms with Gasteiger partial charge in [-0.3, -0.25) is 14.5 Å². The van der Waals surface area contributed by atoms with Crippen molar-refractivity contribution < 1.29 is 9.59 Å². The summed E-state index contributed by atoms with van der Waals surface area (Å²) in [5, 5.41) is 1.03. The van der Waals surface area contributed by atoms with Crippen LogP contribution in [0.5, 0.6) is 0 Å². The van der Waals surface area contributed by atoms with Crippen molar-refractivity contribution >= 4 is 28.4 Å². The molecule has 142 valence electrons. The van der Waals surface area contributed by atoms with Crippen LogP contribution >= 0.6 is 0 Å². The van der Waals surface area contributed by atoms with E-state index in [-0.39, 0.29) is 18.2 Å². The Kier molecular flexibility index (Phi) is 4.24. The number of hydrogen-bond acceptors (Lipinski definition) is 2. The van der Waals surface area contributed by atoms with Gasteiger partial charge < -0.3 is 4.57 Å². The second-order valence-electron chi connectivity index (χ2n) is 7.37. The van der Waals surface area contributed by atoms with E-state index in [0.29, 0.717) is 5.69 Å². The first-order chi connectivity index (χ1) is 14.2. The fourth-order valence-electron chi connectivity index (χ4n) is 4.19. The summed E-state index contributed by atoms with van der Waals surface area (Å²) in [6.07, 6.45) is 2.25. The molecule has 1 aromatic heterocycles. The third-order valence-corrected chi connectivity index (χ3v) is 5.55. The van der Waals surface area contributed by atoms with E-state index in [1.165, 1.54) is 10.5 Å². The van der Waals surface area contributed by atoms with Crippen LogP contribution < -0.4 is 4.90 Å². The molecule has 4 heteroatoms. The number of rotatable bonds is 4. The molecule has 4 nitrogen and oxygen atoms in total. The van der Waals surface area contributed by atoms with E-state index in [4.69, 9.17) is 0 Å². The Morgan fingerprint density at radius 1 is 0.793 bits per heavy atom. The molecule has 3 aromatic carbocycles. The summed E-state index contributed by atoms with van der Waals surface area (Å²) in [6.45, 7) is 0.721. The van der Waals surface area contributed by atoms with Crippen LogP contribution in [0.3, 0.4) is 0 Å². The van der Waals surface area contributed by atoms with E-state index >= 15 is 0 Å². The van der Waals surface area contributed by atoms with Crippen LogP contribution in [0, 0.1) is 0 Å². The first-order valence-corrected chi connectivity index (χ1v) is 9.76. The van der Waals surface area contributed by atoms with Crippen molar-refractivity contribution in [1.82, 2.24) is 4.57 Å². The molecule has 0 N–H and O–H groups in total. The number of carbonyl (C=O) groups is 2. The van der Waals surface area contributed by atoms with Crippen LogP contribution in [-0.2, 0) is 16.1 Å². The van der Waals surface area contributed by atoms with Crippen molar-refractivity contribution in [1.29, 1.82) is 0 Å². The molecule has 1 aliphatic rings. The van der Waals surface area contributed by atoms with E-state index in [1.54, 1.807) is 12.1 Å². The van der Waals surface area contributed by atoms with Gasteiger partial charge in [0.1, 0.15) is 0 Å². The quantitative estimate of drug-likeness (QED) is 0.480. The molecular weight excluding hydrogens is 360 g/mol. The highest BCUT2D eigenvalue weighted by atomic mass is 16.2. The number of fused-ring (bicyclic) bond motifs is 1. The lowest BCUT2D eigenvalue weighted by molar-refractivity contribution is -0.121. The molecule has 0 bridgehead atoms. The van der Waals surface area contributed by atoms with Crippen molar-refractivity contribution in [3.8, 4) is 0 Å². The SMILES string of the molecule is O=C1CC(c2cn(Cc3ccccc3)c3ccccc23)C(=O)N1c1ccccc1. The van der Waals surface area contributed by atoms with E-state index in [1.807, 2.05) is 60.8 Å². The van der Waals surface area contributed by atoms with E-state index < -0.39 is 5.92 Å². The van der Waals surface area contributed by atoms with Crippen molar-refractivity contribution in [3.63, 3.8) is 0 Å². The highest BCUT2D eigenvalue weighted by Crippen LogP contribution is 2.37. The summed E-state index contributed by atoms with van der Waals surface area (Å²) in [7, 11) is 0. The van der Waals surface area contributed by atoms with Gasteiger partial charge in [-0.2, -0.15) is 0 Å². The Morgan fingerprint density at radius 2 is 1.45 bits per heavy atom. The molecule has 1 unspecified atom stereocenters. The van der Waals surface area contributed by atoms with E-state index in [2.05, 4.69) is 22.8 Å². The summed E-state index contributed by atoms with van der Waals surface area (Å²) in [5.41, 5.74) is 3.83. The first-order valence-electron chi connectivity index (χ1n) is 9.76. The molecule has 1 aliphatic heterocycles. The lowest BCUT2D eigenvalue weighted by atomic mass is 9.97. The minimum Gasteiger partial charge on any atom is -0.343 e. The van der Waals surface area contributed by atoms with Gasteiger partial charge in [0.15, 0.2) is 0 Å². The van der Waals surface area contributed by atoms with Crippen molar-refractivity contribution in [2.75, 3.05) is 4.90 Å². The van der Waals surface area contributed by atoms with Crippen LogP contribution in [0.2, 0.25) is 0 Å². The summed E-state index contributed by atoms with van der Waals surface area (Å²) in [5.74, 6) is -0.750. The Morgan fingerprint density at radius 3 is 2.21 bits per heavy atom. The number of carbonyl (C=O) groups excluding carboxylic acids is 2. The zero-order valence-corrected chi connectivity index (χ0v) is 15.9. The minimum absolute atomic E-state index is 0.147. The predicted octanol–water partition coefficient (Wildman–Crippen LogP) is 4.74. The topological polar surface area (TPSA) is 42.3 Å². The summed E-state index contributed by atoms with van der Waals surface area (Å²) >= 11 is 0. The third kappa shape index (κ3) is 3.03. The lowest BCUT2D eigenvalue weighted by Crippen LogP contribution is -2.29. The maximum atomic E-state index is 13.2. The lowest BCUT2D eigenvalue weighted by Gasteiger charge is -2.14. The summed E-state index contributed by atoms with van der Waals surface area (Å²) in [4.78, 5) is 27.3. The van der Waals surface area contributed by atoms with Gasteiger partial charge in [-0.25, -0.2) is 0 Å². The largest absolute Gasteiger partial charge is 0.343 e. The molecule has 1 saturated heterocycles. The Bertz CT molecular complexity index is 1200. The minimum atomic E-state index is -0.454. The zero-order valence-electron chi connectivity index (χ0n) is 15.9. The van der Waals surface area contributed by atoms with Gasteiger partial charge in [-0.05, 0) is 29.3 Å². The third-order valence-electron chi connectivity index (χ3n) is 5.55. The molecule has 0 aliphatic carbocycles. The average Bonchev–Trinajstić information content (AvgIpc) is 3.26. The van der Waals surface area contributed by atoms with Gasteiger partial charge in [0.25, 0.3) is 0 Å². The second kappa shape index (κ2) is 7.06. The normalized spacial score (nSPS) is 16.7. The molecule has 5 rings (SSSR count). The number of imide groups is 1. The Labute approximate surface area is 169 Å². The molecule has 1 fully saturated rings. The standard InChI is InChI=1S/C25H20N2O2/c28-24-15-21(25(29)27(24)19-11-5-2-6-12-19)22-17-26(16-18-9-3-1-4-10-18)23-14-8-7-13-20(22)23/h1-14,17,21H,15-16H2. The molecule has 1 atom stereocenters. The average molecular weight is 380 g/mol. The second-order valence-corrected chi connectivity index (χ2v) is 7.37. The Hall–Kier alpha value is -3.66. The Balaban J connectivity index is 1.55. The van der Waals surface area contributed by atoms with Crippen LogP contribution in [0.4, 0.5) is 5.69 Å². The molecule has 0 radical (unpaired) electrons. The number of benzene rings is 3. The maximum Gasteiger partial charge on any atom is 0.241 e. The smallest absolute Gasteiger partial charge is 0.241 e. The van der Waals surface area contributed by atoms with Crippen LogP contribution in [-0.4, -0.2) is 16.4 Å². The van der Waals surface area contributed by atoms with Crippen molar-refractivity contribution in [2.24, 2.45) is 0 Å². The fourth-order valence-corrected chi connectivity index (χ4v) is 4.19. The summed E-state index contributed by atoms with van der Waals surface area (Å²) < 4.78 is 2.17. The predicted molar refractivity (Wildman–Crippen MR) is 114 cm³/mol. The van der Waals surface area contributed by atoms with Gasteiger partial charge in [0.05, 0.1) is 11.6 Å². The molecule has 29 heavy (non-hydrogen) atoms. The van der Waals surface area contributed by atoms with Crippen LogP contribution in [0.25, 0.3) is 10.9 Å². The number of aromatic nitrogens is 1. The monoisotopic (exact) mass is 380 g/mol. The molecular formula is C25H20N2O2. The van der Waals surface area contributed by atoms with Gasteiger partial charge in [-0.1, -0.05) is 66.7 Å². The molecule has 2 heterocycles. The number of nitrogens with zero attached hydrogens (tertiary/aromatic N) is 2. The highest BCUT2D eigenvalue weighted by Gasteiger charge is 2.41. The maximum absolute atomic E-state index is 13.2. The van der Waals surface area contributed by atoms with Crippen molar-refractivity contribution in [3.05, 3.63) is 102 Å². The van der Waals surface area contributed by atoms with Gasteiger partial charge in [-0.15, -0.1) is 0 Å². The van der Waals surface area contributed by atoms with Crippen molar-refractivity contribution in [2.45, 2.75) is 18.9 Å². The van der Waals surface area contributed by atoms with E-state index in [0.717, 1.165) is 23.0 Å². The van der Waals surface area contributed by atoms with Crippen LogP contribution in [0.15, 0.2) is 91.1 Å². The summed E-state index contributed by atoms with van der Waals surface area (Å²) in [6, 6.07) is 27.5. The van der Waals surface area contributed by atoms with Gasteiger partial charge >= 0.3 is 0 Å². The number of hydrogen-bond donors (Lipinski definition) is 0.